The number of ketones is 1. The van der Waals surface area contributed by atoms with E-state index in [0.717, 1.165) is 0 Å². The van der Waals surface area contributed by atoms with E-state index in [4.69, 9.17) is 9.15 Å². The van der Waals surface area contributed by atoms with Crippen molar-refractivity contribution in [3.63, 3.8) is 0 Å². The van der Waals surface area contributed by atoms with Crippen molar-refractivity contribution in [2.45, 2.75) is 12.6 Å². The van der Waals surface area contributed by atoms with Gasteiger partial charge in [0.25, 0.3) is 11.7 Å². The summed E-state index contributed by atoms with van der Waals surface area (Å²) in [4.78, 5) is 27.1. The van der Waals surface area contributed by atoms with E-state index in [9.17, 15) is 19.1 Å². The van der Waals surface area contributed by atoms with E-state index in [2.05, 4.69) is 6.58 Å². The third-order valence-corrected chi connectivity index (χ3v) is 5.11. The molecule has 1 atom stereocenters. The quantitative estimate of drug-likeness (QED) is 0.255. The second-order valence-electron chi connectivity index (χ2n) is 7.19. The molecule has 4 rings (SSSR count). The summed E-state index contributed by atoms with van der Waals surface area (Å²) in [5.41, 5.74) is 0.573. The molecule has 1 N–H and O–H groups in total. The van der Waals surface area contributed by atoms with E-state index in [1.54, 1.807) is 48.5 Å². The van der Waals surface area contributed by atoms with Gasteiger partial charge in [-0.15, -0.1) is 0 Å². The Balaban J connectivity index is 1.79. The van der Waals surface area contributed by atoms with Crippen LogP contribution in [-0.4, -0.2) is 28.3 Å². The van der Waals surface area contributed by atoms with Crippen LogP contribution in [0.2, 0.25) is 0 Å². The van der Waals surface area contributed by atoms with Crippen molar-refractivity contribution in [2.75, 3.05) is 6.61 Å². The standard InChI is InChI=1S/C25H20FNO5/c1-2-12-31-19-10-8-16(9-11-19)23(28)21-22(17-5-3-6-18(26)14-17)27(25(30)24(21)29)15-20-7-4-13-32-20/h2-11,13-14,22,28H,1,12,15H2/b23-21-. The van der Waals surface area contributed by atoms with Crippen LogP contribution in [0.3, 0.4) is 0 Å². The molecule has 1 fully saturated rings. The molecule has 1 saturated heterocycles. The molecule has 0 saturated carbocycles. The number of Topliss-reactive ketones (excluding diaryl/α,β-unsaturated/α-hetero) is 1. The summed E-state index contributed by atoms with van der Waals surface area (Å²) in [6, 6.07) is 14.4. The highest BCUT2D eigenvalue weighted by molar-refractivity contribution is 6.46. The normalized spacial score (nSPS) is 17.5. The number of hydrogen-bond acceptors (Lipinski definition) is 5. The molecule has 0 spiro atoms. The van der Waals surface area contributed by atoms with E-state index in [1.165, 1.54) is 29.4 Å². The molecule has 32 heavy (non-hydrogen) atoms. The Labute approximate surface area is 183 Å². The van der Waals surface area contributed by atoms with Crippen molar-refractivity contribution in [1.29, 1.82) is 0 Å². The van der Waals surface area contributed by atoms with Crippen LogP contribution in [0.25, 0.3) is 5.76 Å². The van der Waals surface area contributed by atoms with Crippen LogP contribution in [0.15, 0.2) is 89.6 Å². The smallest absolute Gasteiger partial charge is 0.296 e. The predicted molar refractivity (Wildman–Crippen MR) is 115 cm³/mol. The van der Waals surface area contributed by atoms with E-state index in [0.29, 0.717) is 29.2 Å². The second-order valence-corrected chi connectivity index (χ2v) is 7.19. The minimum atomic E-state index is -0.979. The summed E-state index contributed by atoms with van der Waals surface area (Å²) in [6.45, 7) is 3.90. The van der Waals surface area contributed by atoms with Gasteiger partial charge in [0.2, 0.25) is 0 Å². The van der Waals surface area contributed by atoms with Crippen LogP contribution >= 0.6 is 0 Å². The minimum absolute atomic E-state index is 0.0101. The van der Waals surface area contributed by atoms with Crippen molar-refractivity contribution in [3.05, 3.63) is 108 Å². The summed E-state index contributed by atoms with van der Waals surface area (Å²) in [5, 5.41) is 11.0. The Morgan fingerprint density at radius 3 is 2.59 bits per heavy atom. The third-order valence-electron chi connectivity index (χ3n) is 5.11. The fourth-order valence-electron chi connectivity index (χ4n) is 3.66. The monoisotopic (exact) mass is 433 g/mol. The van der Waals surface area contributed by atoms with Gasteiger partial charge in [-0.3, -0.25) is 9.59 Å². The lowest BCUT2D eigenvalue weighted by Gasteiger charge is -2.24. The average molecular weight is 433 g/mol. The molecular formula is C25H20FNO5. The molecule has 0 radical (unpaired) electrons. The van der Waals surface area contributed by atoms with Crippen LogP contribution in [0.1, 0.15) is 22.9 Å². The summed E-state index contributed by atoms with van der Waals surface area (Å²) in [6.07, 6.45) is 3.06. The van der Waals surface area contributed by atoms with Gasteiger partial charge in [0.1, 0.15) is 29.7 Å². The van der Waals surface area contributed by atoms with Gasteiger partial charge in [-0.1, -0.05) is 24.8 Å². The van der Waals surface area contributed by atoms with Gasteiger partial charge < -0.3 is 19.2 Å². The topological polar surface area (TPSA) is 80.0 Å². The molecule has 2 aromatic carbocycles. The number of carbonyl (C=O) groups excluding carboxylic acids is 2. The number of amides is 1. The number of benzene rings is 2. The average Bonchev–Trinajstić information content (AvgIpc) is 3.40. The summed E-state index contributed by atoms with van der Waals surface area (Å²) in [5.74, 6) is -1.51. The number of likely N-dealkylation sites (tertiary alicyclic amines) is 1. The van der Waals surface area contributed by atoms with Crippen molar-refractivity contribution < 1.29 is 28.2 Å². The molecule has 1 aliphatic rings. The highest BCUT2D eigenvalue weighted by Crippen LogP contribution is 2.40. The van der Waals surface area contributed by atoms with Crippen molar-refractivity contribution >= 4 is 17.4 Å². The maximum absolute atomic E-state index is 14.0. The zero-order valence-electron chi connectivity index (χ0n) is 17.0. The van der Waals surface area contributed by atoms with Crippen LogP contribution in [0, 0.1) is 5.82 Å². The SMILES string of the molecule is C=CCOc1ccc(/C(O)=C2/C(=O)C(=O)N(Cc3ccco3)C2c2cccc(F)c2)cc1. The first kappa shape index (κ1) is 21.1. The molecule has 1 aromatic heterocycles. The van der Waals surface area contributed by atoms with Gasteiger partial charge in [0.05, 0.1) is 24.4 Å². The number of ether oxygens (including phenoxy) is 1. The molecule has 7 heteroatoms. The maximum Gasteiger partial charge on any atom is 0.296 e. The zero-order chi connectivity index (χ0) is 22.7. The highest BCUT2D eigenvalue weighted by atomic mass is 19.1. The van der Waals surface area contributed by atoms with E-state index < -0.39 is 23.5 Å². The van der Waals surface area contributed by atoms with E-state index in [-0.39, 0.29) is 17.9 Å². The fraction of sp³-hybridized carbons (Fsp3) is 0.120. The van der Waals surface area contributed by atoms with Crippen LogP contribution < -0.4 is 4.74 Å². The van der Waals surface area contributed by atoms with Gasteiger partial charge in [0.15, 0.2) is 0 Å². The first-order valence-electron chi connectivity index (χ1n) is 9.90. The fourth-order valence-corrected chi connectivity index (χ4v) is 3.66. The predicted octanol–water partition coefficient (Wildman–Crippen LogP) is 4.61. The molecule has 3 aromatic rings. The van der Waals surface area contributed by atoms with Crippen LogP contribution in [0.4, 0.5) is 4.39 Å². The van der Waals surface area contributed by atoms with Crippen LogP contribution in [-0.2, 0) is 16.1 Å². The molecule has 6 nitrogen and oxygen atoms in total. The van der Waals surface area contributed by atoms with Gasteiger partial charge >= 0.3 is 0 Å². The number of nitrogens with zero attached hydrogens (tertiary/aromatic N) is 1. The molecule has 2 heterocycles. The highest BCUT2D eigenvalue weighted by Gasteiger charge is 2.46. The number of aliphatic hydroxyl groups excluding tert-OH is 1. The lowest BCUT2D eigenvalue weighted by atomic mass is 9.95. The Hall–Kier alpha value is -4.13. The Morgan fingerprint density at radius 2 is 1.94 bits per heavy atom. The maximum atomic E-state index is 14.0. The number of hydrogen-bond donors (Lipinski definition) is 1. The lowest BCUT2D eigenvalue weighted by Crippen LogP contribution is -2.29. The zero-order valence-corrected chi connectivity index (χ0v) is 17.0. The number of furan rings is 1. The number of aliphatic hydroxyl groups is 1. The molecule has 1 amide bonds. The summed E-state index contributed by atoms with van der Waals surface area (Å²) >= 11 is 0. The molecule has 0 aliphatic carbocycles. The lowest BCUT2D eigenvalue weighted by molar-refractivity contribution is -0.140. The molecule has 1 aliphatic heterocycles. The Kier molecular flexibility index (Phi) is 5.89. The number of carbonyl (C=O) groups is 2. The molecule has 0 bridgehead atoms. The number of halogens is 1. The van der Waals surface area contributed by atoms with E-state index in [1.807, 2.05) is 0 Å². The molecule has 162 valence electrons. The third kappa shape index (κ3) is 4.05. The number of rotatable bonds is 7. The van der Waals surface area contributed by atoms with Crippen LogP contribution in [0.5, 0.6) is 5.75 Å². The van der Waals surface area contributed by atoms with Gasteiger partial charge in [-0.2, -0.15) is 0 Å². The minimum Gasteiger partial charge on any atom is -0.507 e. The van der Waals surface area contributed by atoms with Gasteiger partial charge in [-0.05, 0) is 54.1 Å². The van der Waals surface area contributed by atoms with Crippen molar-refractivity contribution in [3.8, 4) is 5.75 Å². The van der Waals surface area contributed by atoms with Gasteiger partial charge in [-0.25, -0.2) is 4.39 Å². The molecule has 1 unspecified atom stereocenters. The van der Waals surface area contributed by atoms with Gasteiger partial charge in [0, 0.05) is 5.56 Å². The first-order chi connectivity index (χ1) is 15.5. The first-order valence-corrected chi connectivity index (χ1v) is 9.90. The second kappa shape index (κ2) is 8.93. The van der Waals surface area contributed by atoms with Crippen molar-refractivity contribution in [2.24, 2.45) is 0 Å². The Bertz CT molecular complexity index is 1180. The summed E-state index contributed by atoms with van der Waals surface area (Å²) in [7, 11) is 0. The summed E-state index contributed by atoms with van der Waals surface area (Å²) < 4.78 is 24.8. The molecular weight excluding hydrogens is 413 g/mol. The van der Waals surface area contributed by atoms with E-state index >= 15 is 0 Å². The largest absolute Gasteiger partial charge is 0.507 e. The van der Waals surface area contributed by atoms with Crippen molar-refractivity contribution in [1.82, 2.24) is 4.90 Å². The Morgan fingerprint density at radius 1 is 1.16 bits per heavy atom.